The Hall–Kier alpha value is -2.71. The molecule has 2 heterocycles. The van der Waals surface area contributed by atoms with Gasteiger partial charge >= 0.3 is 0 Å². The summed E-state index contributed by atoms with van der Waals surface area (Å²) in [4.78, 5) is 32.7. The molecule has 1 aliphatic rings. The van der Waals surface area contributed by atoms with Gasteiger partial charge in [0.05, 0.1) is 32.6 Å². The number of hydrogen-bond acceptors (Lipinski definition) is 5. The molecular formula is C29H42FN3O4. The number of morpholine rings is 1. The standard InChI is InChI=1S/C29H42FN3O4/c1-23(19-29(2,3)4)18-27(34)32(12-11-31-13-16-36-17-14-31)22-28(35)33(21-26-6-5-15-37-26)20-24-7-9-25(30)10-8-24/h5-10,15,23H,11-14,16-22H2,1-4H3/t23-/m1/s1. The zero-order valence-electron chi connectivity index (χ0n) is 22.7. The summed E-state index contributed by atoms with van der Waals surface area (Å²) in [7, 11) is 0. The van der Waals surface area contributed by atoms with Crippen LogP contribution in [0.25, 0.3) is 0 Å². The number of hydrogen-bond donors (Lipinski definition) is 0. The third-order valence-electron chi connectivity index (χ3n) is 6.52. The summed E-state index contributed by atoms with van der Waals surface area (Å²) in [5.41, 5.74) is 0.940. The Morgan fingerprint density at radius 2 is 1.73 bits per heavy atom. The lowest BCUT2D eigenvalue weighted by Crippen LogP contribution is -2.47. The van der Waals surface area contributed by atoms with E-state index in [2.05, 4.69) is 32.6 Å². The van der Waals surface area contributed by atoms with Gasteiger partial charge in [0.2, 0.25) is 11.8 Å². The van der Waals surface area contributed by atoms with Crippen LogP contribution in [-0.4, -0.2) is 72.5 Å². The first kappa shape index (κ1) is 28.9. The first-order chi connectivity index (χ1) is 17.6. The predicted molar refractivity (Wildman–Crippen MR) is 141 cm³/mol. The molecule has 0 radical (unpaired) electrons. The first-order valence-electron chi connectivity index (χ1n) is 13.2. The maximum absolute atomic E-state index is 13.6. The van der Waals surface area contributed by atoms with Gasteiger partial charge in [0.15, 0.2) is 0 Å². The molecule has 2 amide bonds. The normalized spacial score (nSPS) is 15.4. The molecule has 0 aliphatic carbocycles. The molecule has 1 atom stereocenters. The maximum Gasteiger partial charge on any atom is 0.242 e. The highest BCUT2D eigenvalue weighted by atomic mass is 19.1. The van der Waals surface area contributed by atoms with Crippen molar-refractivity contribution in [3.8, 4) is 0 Å². The molecule has 1 aromatic carbocycles. The molecule has 2 aromatic rings. The van der Waals surface area contributed by atoms with Crippen LogP contribution in [0, 0.1) is 17.2 Å². The van der Waals surface area contributed by atoms with E-state index in [1.807, 2.05) is 6.07 Å². The van der Waals surface area contributed by atoms with Crippen LogP contribution < -0.4 is 0 Å². The highest BCUT2D eigenvalue weighted by Gasteiger charge is 2.26. The Bertz CT molecular complexity index is 966. The van der Waals surface area contributed by atoms with Crippen molar-refractivity contribution >= 4 is 11.8 Å². The van der Waals surface area contributed by atoms with Crippen LogP contribution >= 0.6 is 0 Å². The van der Waals surface area contributed by atoms with E-state index >= 15 is 0 Å². The highest BCUT2D eigenvalue weighted by Crippen LogP contribution is 2.26. The summed E-state index contributed by atoms with van der Waals surface area (Å²) in [6.07, 6.45) is 2.91. The quantitative estimate of drug-likeness (QED) is 0.414. The zero-order chi connectivity index (χ0) is 26.8. The number of rotatable bonds is 12. The number of furan rings is 1. The van der Waals surface area contributed by atoms with Crippen LogP contribution in [0.1, 0.15) is 51.9 Å². The van der Waals surface area contributed by atoms with E-state index in [-0.39, 0.29) is 42.1 Å². The molecule has 0 saturated carbocycles. The van der Waals surface area contributed by atoms with Crippen molar-refractivity contribution in [3.63, 3.8) is 0 Å². The van der Waals surface area contributed by atoms with Crippen LogP contribution in [0.3, 0.4) is 0 Å². The average molecular weight is 516 g/mol. The Kier molecular flexibility index (Phi) is 10.7. The molecule has 1 saturated heterocycles. The lowest BCUT2D eigenvalue weighted by atomic mass is 9.84. The molecule has 37 heavy (non-hydrogen) atoms. The van der Waals surface area contributed by atoms with Gasteiger partial charge in [0.25, 0.3) is 0 Å². The summed E-state index contributed by atoms with van der Waals surface area (Å²) in [6.45, 7) is 13.4. The van der Waals surface area contributed by atoms with Gasteiger partial charge in [-0.2, -0.15) is 0 Å². The van der Waals surface area contributed by atoms with Gasteiger partial charge in [-0.25, -0.2) is 4.39 Å². The molecule has 0 bridgehead atoms. The van der Waals surface area contributed by atoms with Crippen molar-refractivity contribution in [2.75, 3.05) is 45.9 Å². The summed E-state index contributed by atoms with van der Waals surface area (Å²) >= 11 is 0. The minimum Gasteiger partial charge on any atom is -0.467 e. The molecule has 1 aliphatic heterocycles. The largest absolute Gasteiger partial charge is 0.467 e. The third kappa shape index (κ3) is 10.3. The van der Waals surface area contributed by atoms with Gasteiger partial charge in [0, 0.05) is 39.1 Å². The second-order valence-electron chi connectivity index (χ2n) is 11.3. The number of nitrogens with zero attached hydrogens (tertiary/aromatic N) is 3. The van der Waals surface area contributed by atoms with E-state index < -0.39 is 0 Å². The number of ether oxygens (including phenoxy) is 1. The first-order valence-corrected chi connectivity index (χ1v) is 13.2. The minimum absolute atomic E-state index is 0.00177. The van der Waals surface area contributed by atoms with Crippen molar-refractivity contribution in [3.05, 3.63) is 59.8 Å². The smallest absolute Gasteiger partial charge is 0.242 e. The van der Waals surface area contributed by atoms with E-state index in [1.165, 1.54) is 12.1 Å². The molecule has 3 rings (SSSR count). The molecule has 1 aromatic heterocycles. The van der Waals surface area contributed by atoms with Crippen molar-refractivity contribution in [2.45, 2.75) is 53.6 Å². The SMILES string of the molecule is C[C@H](CC(=O)N(CCN1CCOCC1)CC(=O)N(Cc1ccc(F)cc1)Cc1ccco1)CC(C)(C)C. The molecule has 204 valence electrons. The van der Waals surface area contributed by atoms with E-state index in [1.54, 1.807) is 34.3 Å². The number of carbonyl (C=O) groups excluding carboxylic acids is 2. The van der Waals surface area contributed by atoms with Gasteiger partial charge in [-0.05, 0) is 47.6 Å². The highest BCUT2D eigenvalue weighted by molar-refractivity contribution is 5.85. The minimum atomic E-state index is -0.322. The molecule has 8 heteroatoms. The summed E-state index contributed by atoms with van der Waals surface area (Å²) in [5, 5.41) is 0. The molecule has 7 nitrogen and oxygen atoms in total. The van der Waals surface area contributed by atoms with E-state index in [0.717, 1.165) is 25.1 Å². The topological polar surface area (TPSA) is 66.2 Å². The van der Waals surface area contributed by atoms with Crippen LogP contribution in [0.5, 0.6) is 0 Å². The Labute approximate surface area is 220 Å². The van der Waals surface area contributed by atoms with Crippen LogP contribution in [-0.2, 0) is 27.4 Å². The molecule has 0 unspecified atom stereocenters. The van der Waals surface area contributed by atoms with Crippen molar-refractivity contribution in [2.24, 2.45) is 11.3 Å². The fourth-order valence-electron chi connectivity index (χ4n) is 4.82. The fourth-order valence-corrected chi connectivity index (χ4v) is 4.82. The van der Waals surface area contributed by atoms with Gasteiger partial charge in [0.1, 0.15) is 11.6 Å². The predicted octanol–water partition coefficient (Wildman–Crippen LogP) is 4.57. The van der Waals surface area contributed by atoms with Gasteiger partial charge < -0.3 is 19.0 Å². The molecular weight excluding hydrogens is 473 g/mol. The summed E-state index contributed by atoms with van der Waals surface area (Å²) < 4.78 is 24.4. The lowest BCUT2D eigenvalue weighted by Gasteiger charge is -2.32. The Morgan fingerprint density at radius 3 is 2.35 bits per heavy atom. The molecule has 1 fully saturated rings. The van der Waals surface area contributed by atoms with Crippen molar-refractivity contribution < 1.29 is 23.1 Å². The van der Waals surface area contributed by atoms with Crippen molar-refractivity contribution in [1.29, 1.82) is 0 Å². The molecule has 0 N–H and O–H groups in total. The second kappa shape index (κ2) is 13.7. The van der Waals surface area contributed by atoms with Crippen LogP contribution in [0.15, 0.2) is 47.1 Å². The number of amides is 2. The lowest BCUT2D eigenvalue weighted by molar-refractivity contribution is -0.142. The second-order valence-corrected chi connectivity index (χ2v) is 11.3. The van der Waals surface area contributed by atoms with Crippen molar-refractivity contribution in [1.82, 2.24) is 14.7 Å². The third-order valence-corrected chi connectivity index (χ3v) is 6.52. The molecule has 0 spiro atoms. The van der Waals surface area contributed by atoms with Gasteiger partial charge in [-0.15, -0.1) is 0 Å². The van der Waals surface area contributed by atoms with Crippen LogP contribution in [0.2, 0.25) is 0 Å². The average Bonchev–Trinajstić information content (AvgIpc) is 3.35. The summed E-state index contributed by atoms with van der Waals surface area (Å²) in [6, 6.07) is 9.73. The number of benzene rings is 1. The Morgan fingerprint density at radius 1 is 1.03 bits per heavy atom. The van der Waals surface area contributed by atoms with Gasteiger partial charge in [-0.3, -0.25) is 14.5 Å². The van der Waals surface area contributed by atoms with Gasteiger partial charge in [-0.1, -0.05) is 39.8 Å². The Balaban J connectivity index is 1.72. The van der Waals surface area contributed by atoms with Crippen LogP contribution in [0.4, 0.5) is 4.39 Å². The monoisotopic (exact) mass is 515 g/mol. The number of halogens is 1. The number of carbonyl (C=O) groups is 2. The fraction of sp³-hybridized carbons (Fsp3) is 0.586. The van der Waals surface area contributed by atoms with E-state index in [4.69, 9.17) is 9.15 Å². The maximum atomic E-state index is 13.6. The summed E-state index contributed by atoms with van der Waals surface area (Å²) in [5.74, 6) is 0.377. The zero-order valence-corrected chi connectivity index (χ0v) is 22.7. The van der Waals surface area contributed by atoms with E-state index in [0.29, 0.717) is 45.0 Å². The van der Waals surface area contributed by atoms with E-state index in [9.17, 15) is 14.0 Å².